The predicted molar refractivity (Wildman–Crippen MR) is 96.5 cm³/mol. The van der Waals surface area contributed by atoms with Crippen molar-refractivity contribution in [3.8, 4) is 17.4 Å². The molecule has 0 bridgehead atoms. The molecule has 0 unspecified atom stereocenters. The number of hydrogen-bond acceptors (Lipinski definition) is 4. The molecular formula is C19H15ClF2N2O3. The highest BCUT2D eigenvalue weighted by molar-refractivity contribution is 6.31. The highest BCUT2D eigenvalue weighted by Gasteiger charge is 2.15. The van der Waals surface area contributed by atoms with Crippen molar-refractivity contribution in [3.63, 3.8) is 0 Å². The Hall–Kier alpha value is -2.93. The number of nitrogens with one attached hydrogen (secondary N) is 1. The molecule has 0 atom stereocenters. The molecule has 140 valence electrons. The van der Waals surface area contributed by atoms with Crippen molar-refractivity contribution in [3.05, 3.63) is 80.4 Å². The van der Waals surface area contributed by atoms with Crippen molar-refractivity contribution in [2.24, 2.45) is 0 Å². The van der Waals surface area contributed by atoms with Crippen LogP contribution in [0.5, 0.6) is 17.4 Å². The molecule has 2 aromatic carbocycles. The minimum absolute atomic E-state index is 0.0639. The van der Waals surface area contributed by atoms with Gasteiger partial charge >= 0.3 is 5.69 Å². The number of rotatable bonds is 5. The van der Waals surface area contributed by atoms with Gasteiger partial charge in [-0.25, -0.2) is 13.6 Å². The Morgan fingerprint density at radius 1 is 1.11 bits per heavy atom. The van der Waals surface area contributed by atoms with Crippen molar-refractivity contribution >= 4 is 11.6 Å². The van der Waals surface area contributed by atoms with Gasteiger partial charge in [0.25, 0.3) is 0 Å². The van der Waals surface area contributed by atoms with Crippen LogP contribution in [0.2, 0.25) is 5.02 Å². The van der Waals surface area contributed by atoms with Crippen LogP contribution in [-0.2, 0) is 6.61 Å². The standard InChI is InChI=1S/C19H15ClF2N2O3/c1-10-5-13(3-4-14(10)20)27-18-15(21)7-12(8-16(18)22)9-26-17-6-11(2)23-19(25)24-17/h3-8H,9H2,1-2H3,(H,23,24,25). The Balaban J connectivity index is 1.77. The molecule has 0 saturated carbocycles. The third kappa shape index (κ3) is 4.62. The second-order valence-corrected chi connectivity index (χ2v) is 6.31. The summed E-state index contributed by atoms with van der Waals surface area (Å²) >= 11 is 5.93. The van der Waals surface area contributed by atoms with Crippen LogP contribution >= 0.6 is 11.6 Å². The maximum atomic E-state index is 14.3. The van der Waals surface area contributed by atoms with Crippen molar-refractivity contribution in [2.45, 2.75) is 20.5 Å². The first-order chi connectivity index (χ1) is 12.8. The summed E-state index contributed by atoms with van der Waals surface area (Å²) in [6.45, 7) is 3.26. The van der Waals surface area contributed by atoms with E-state index in [0.29, 0.717) is 10.7 Å². The van der Waals surface area contributed by atoms with E-state index in [1.54, 1.807) is 26.0 Å². The van der Waals surface area contributed by atoms with E-state index >= 15 is 0 Å². The zero-order chi connectivity index (χ0) is 19.6. The molecule has 1 N–H and O–H groups in total. The number of ether oxygens (including phenoxy) is 2. The fraction of sp³-hybridized carbons (Fsp3) is 0.158. The zero-order valence-corrected chi connectivity index (χ0v) is 15.2. The minimum atomic E-state index is -0.878. The lowest BCUT2D eigenvalue weighted by Crippen LogP contribution is -2.13. The summed E-state index contributed by atoms with van der Waals surface area (Å²) in [6, 6.07) is 8.39. The van der Waals surface area contributed by atoms with E-state index in [9.17, 15) is 13.6 Å². The number of aromatic nitrogens is 2. The highest BCUT2D eigenvalue weighted by atomic mass is 35.5. The first kappa shape index (κ1) is 18.8. The molecule has 8 heteroatoms. The van der Waals surface area contributed by atoms with Crippen LogP contribution in [0.4, 0.5) is 8.78 Å². The third-order valence-electron chi connectivity index (χ3n) is 3.65. The Morgan fingerprint density at radius 2 is 1.81 bits per heavy atom. The molecule has 3 aromatic rings. The minimum Gasteiger partial charge on any atom is -0.473 e. The summed E-state index contributed by atoms with van der Waals surface area (Å²) in [4.78, 5) is 17.4. The second-order valence-electron chi connectivity index (χ2n) is 5.90. The van der Waals surface area contributed by atoms with Crippen LogP contribution in [0, 0.1) is 25.5 Å². The van der Waals surface area contributed by atoms with Gasteiger partial charge < -0.3 is 14.5 Å². The van der Waals surface area contributed by atoms with Gasteiger partial charge in [-0.15, -0.1) is 0 Å². The van der Waals surface area contributed by atoms with E-state index in [-0.39, 0.29) is 23.8 Å². The van der Waals surface area contributed by atoms with Crippen LogP contribution in [0.3, 0.4) is 0 Å². The average Bonchev–Trinajstić information content (AvgIpc) is 2.58. The average molecular weight is 393 g/mol. The van der Waals surface area contributed by atoms with E-state index in [1.807, 2.05) is 0 Å². The van der Waals surface area contributed by atoms with Crippen molar-refractivity contribution in [1.29, 1.82) is 0 Å². The normalized spacial score (nSPS) is 10.7. The highest BCUT2D eigenvalue weighted by Crippen LogP contribution is 2.31. The lowest BCUT2D eigenvalue weighted by Gasteiger charge is -2.11. The summed E-state index contributed by atoms with van der Waals surface area (Å²) in [5.74, 6) is -1.95. The number of halogens is 3. The molecular weight excluding hydrogens is 378 g/mol. The molecule has 3 rings (SSSR count). The summed E-state index contributed by atoms with van der Waals surface area (Å²) in [6.07, 6.45) is 0. The molecule has 0 aliphatic rings. The monoisotopic (exact) mass is 392 g/mol. The first-order valence-corrected chi connectivity index (χ1v) is 8.32. The van der Waals surface area contributed by atoms with E-state index in [0.717, 1.165) is 17.7 Å². The van der Waals surface area contributed by atoms with E-state index in [2.05, 4.69) is 9.97 Å². The van der Waals surface area contributed by atoms with Gasteiger partial charge in [-0.1, -0.05) is 11.6 Å². The number of aryl methyl sites for hydroxylation is 2. The van der Waals surface area contributed by atoms with Crippen LogP contribution in [0.25, 0.3) is 0 Å². The summed E-state index contributed by atoms with van der Waals surface area (Å²) in [5.41, 5.74) is 0.943. The van der Waals surface area contributed by atoms with Gasteiger partial charge in [0.15, 0.2) is 17.4 Å². The number of benzene rings is 2. The summed E-state index contributed by atoms with van der Waals surface area (Å²) in [5, 5.41) is 0.527. The Bertz CT molecular complexity index is 1030. The number of nitrogens with zero attached hydrogens (tertiary/aromatic N) is 1. The van der Waals surface area contributed by atoms with Crippen molar-refractivity contribution in [2.75, 3.05) is 0 Å². The predicted octanol–water partition coefficient (Wildman–Crippen LogP) is 4.69. The maximum absolute atomic E-state index is 14.3. The summed E-state index contributed by atoms with van der Waals surface area (Å²) in [7, 11) is 0. The fourth-order valence-corrected chi connectivity index (χ4v) is 2.49. The summed E-state index contributed by atoms with van der Waals surface area (Å²) < 4.78 is 39.3. The molecule has 0 fully saturated rings. The Labute approximate surface area is 158 Å². The maximum Gasteiger partial charge on any atom is 0.348 e. The molecule has 0 spiro atoms. The van der Waals surface area contributed by atoms with Crippen LogP contribution in [0.15, 0.2) is 41.2 Å². The molecule has 1 aromatic heterocycles. The van der Waals surface area contributed by atoms with Gasteiger partial charge in [0.05, 0.1) is 0 Å². The topological polar surface area (TPSA) is 64.2 Å². The third-order valence-corrected chi connectivity index (χ3v) is 4.07. The van der Waals surface area contributed by atoms with Gasteiger partial charge in [-0.05, 0) is 55.3 Å². The molecule has 0 aliphatic carbocycles. The molecule has 27 heavy (non-hydrogen) atoms. The molecule has 0 radical (unpaired) electrons. The van der Waals surface area contributed by atoms with Gasteiger partial charge in [-0.2, -0.15) is 4.98 Å². The molecule has 1 heterocycles. The molecule has 5 nitrogen and oxygen atoms in total. The number of H-pyrrole nitrogens is 1. The smallest absolute Gasteiger partial charge is 0.348 e. The fourth-order valence-electron chi connectivity index (χ4n) is 2.37. The lowest BCUT2D eigenvalue weighted by atomic mass is 10.2. The van der Waals surface area contributed by atoms with Gasteiger partial charge in [-0.3, -0.25) is 0 Å². The molecule has 0 amide bonds. The van der Waals surface area contributed by atoms with Gasteiger partial charge in [0.1, 0.15) is 12.4 Å². The van der Waals surface area contributed by atoms with Crippen LogP contribution in [-0.4, -0.2) is 9.97 Å². The van der Waals surface area contributed by atoms with Crippen LogP contribution < -0.4 is 15.2 Å². The lowest BCUT2D eigenvalue weighted by molar-refractivity contribution is 0.290. The van der Waals surface area contributed by atoms with Crippen molar-refractivity contribution < 1.29 is 18.3 Å². The van der Waals surface area contributed by atoms with Gasteiger partial charge in [0, 0.05) is 16.8 Å². The molecule has 0 saturated heterocycles. The Kier molecular flexibility index (Phi) is 5.41. The van der Waals surface area contributed by atoms with E-state index in [4.69, 9.17) is 21.1 Å². The number of aromatic amines is 1. The first-order valence-electron chi connectivity index (χ1n) is 7.94. The molecule has 0 aliphatic heterocycles. The zero-order valence-electron chi connectivity index (χ0n) is 14.5. The van der Waals surface area contributed by atoms with Crippen LogP contribution in [0.1, 0.15) is 16.8 Å². The van der Waals surface area contributed by atoms with E-state index in [1.165, 1.54) is 12.1 Å². The SMILES string of the molecule is Cc1cc(OCc2cc(F)c(Oc3ccc(Cl)c(C)c3)c(F)c2)nc(=O)[nH]1. The van der Waals surface area contributed by atoms with E-state index < -0.39 is 23.1 Å². The number of hydrogen-bond donors (Lipinski definition) is 1. The Morgan fingerprint density at radius 3 is 2.44 bits per heavy atom. The quantitative estimate of drug-likeness (QED) is 0.684. The second kappa shape index (κ2) is 7.75. The largest absolute Gasteiger partial charge is 0.473 e. The van der Waals surface area contributed by atoms with Gasteiger partial charge in [0.2, 0.25) is 5.88 Å². The van der Waals surface area contributed by atoms with Crippen molar-refractivity contribution in [1.82, 2.24) is 9.97 Å².